The number of benzene rings is 2. The van der Waals surface area contributed by atoms with Crippen molar-refractivity contribution in [2.45, 2.75) is 20.3 Å². The molecule has 1 aliphatic heterocycles. The van der Waals surface area contributed by atoms with Gasteiger partial charge in [-0.3, -0.25) is 9.69 Å². The second kappa shape index (κ2) is 9.52. The molecule has 7 nitrogen and oxygen atoms in total. The highest BCUT2D eigenvalue weighted by atomic mass is 35.5. The Morgan fingerprint density at radius 1 is 1.21 bits per heavy atom. The van der Waals surface area contributed by atoms with Crippen LogP contribution in [0, 0.1) is 0 Å². The van der Waals surface area contributed by atoms with Gasteiger partial charge in [-0.05, 0) is 49.7 Å². The number of urea groups is 1. The summed E-state index contributed by atoms with van der Waals surface area (Å²) in [5.41, 5.74) is 1.75. The Morgan fingerprint density at radius 3 is 2.59 bits per heavy atom. The highest BCUT2D eigenvalue weighted by Gasteiger charge is 2.21. The number of ether oxygens (including phenoxy) is 2. The molecule has 3 amide bonds. The molecule has 0 spiro atoms. The molecule has 0 unspecified atom stereocenters. The Balaban J connectivity index is 1.75. The number of halogens is 1. The molecular weight excluding hydrogens is 394 g/mol. The van der Waals surface area contributed by atoms with Crippen LogP contribution in [0.4, 0.5) is 16.2 Å². The number of hydrogen-bond donors (Lipinski definition) is 2. The molecule has 154 valence electrons. The number of rotatable bonds is 8. The molecule has 1 saturated heterocycles. The number of hydrogen-bond acceptors (Lipinski definition) is 4. The summed E-state index contributed by atoms with van der Waals surface area (Å²) in [4.78, 5) is 26.1. The first kappa shape index (κ1) is 20.8. The molecule has 1 heterocycles. The van der Waals surface area contributed by atoms with Crippen molar-refractivity contribution in [1.29, 1.82) is 0 Å². The van der Waals surface area contributed by atoms with Gasteiger partial charge in [0.15, 0.2) is 11.5 Å². The van der Waals surface area contributed by atoms with E-state index in [4.69, 9.17) is 21.1 Å². The third kappa shape index (κ3) is 4.92. The summed E-state index contributed by atoms with van der Waals surface area (Å²) in [5.74, 6) is 0.565. The van der Waals surface area contributed by atoms with Gasteiger partial charge in [-0.2, -0.15) is 0 Å². The quantitative estimate of drug-likeness (QED) is 0.670. The highest BCUT2D eigenvalue weighted by molar-refractivity contribution is 6.32. The number of nitrogens with one attached hydrogen (secondary N) is 2. The second-order valence-corrected chi connectivity index (χ2v) is 6.86. The van der Waals surface area contributed by atoms with E-state index in [1.165, 1.54) is 0 Å². The maximum absolute atomic E-state index is 12.7. The van der Waals surface area contributed by atoms with E-state index in [1.807, 2.05) is 13.8 Å². The van der Waals surface area contributed by atoms with Crippen molar-refractivity contribution in [3.8, 4) is 11.5 Å². The lowest BCUT2D eigenvalue weighted by Gasteiger charge is -2.16. The van der Waals surface area contributed by atoms with E-state index in [0.717, 1.165) is 12.1 Å². The number of amides is 3. The van der Waals surface area contributed by atoms with Gasteiger partial charge in [-0.1, -0.05) is 18.5 Å². The van der Waals surface area contributed by atoms with Gasteiger partial charge in [0.1, 0.15) is 0 Å². The van der Waals surface area contributed by atoms with Crippen LogP contribution >= 0.6 is 11.6 Å². The molecule has 0 atom stereocenters. The lowest BCUT2D eigenvalue weighted by atomic mass is 10.1. The number of anilines is 2. The molecular formula is C21H24ClN3O4. The Hall–Kier alpha value is -2.93. The summed E-state index contributed by atoms with van der Waals surface area (Å²) < 4.78 is 11.3. The maximum Gasteiger partial charge on any atom is 0.321 e. The van der Waals surface area contributed by atoms with E-state index in [0.29, 0.717) is 54.1 Å². The van der Waals surface area contributed by atoms with Crippen molar-refractivity contribution in [3.05, 3.63) is 47.0 Å². The van der Waals surface area contributed by atoms with E-state index in [9.17, 15) is 9.59 Å². The minimum Gasteiger partial charge on any atom is -0.490 e. The van der Waals surface area contributed by atoms with Gasteiger partial charge in [0.25, 0.3) is 5.91 Å². The SMILES string of the molecule is CCCOc1c(Cl)cc(C(=O)Nc2ccc(N3CCNC3=O)cc2)cc1OCC. The molecule has 2 N–H and O–H groups in total. The fraction of sp³-hybridized carbons (Fsp3) is 0.333. The zero-order valence-corrected chi connectivity index (χ0v) is 17.2. The zero-order chi connectivity index (χ0) is 20.8. The molecule has 0 aliphatic carbocycles. The summed E-state index contributed by atoms with van der Waals surface area (Å²) in [6, 6.07) is 10.2. The highest BCUT2D eigenvalue weighted by Crippen LogP contribution is 2.37. The van der Waals surface area contributed by atoms with E-state index in [1.54, 1.807) is 41.3 Å². The normalized spacial score (nSPS) is 13.2. The van der Waals surface area contributed by atoms with Gasteiger partial charge in [0.05, 0.1) is 18.2 Å². The predicted octanol–water partition coefficient (Wildman–Crippen LogP) is 4.31. The summed E-state index contributed by atoms with van der Waals surface area (Å²) >= 11 is 6.33. The van der Waals surface area contributed by atoms with Crippen molar-refractivity contribution in [1.82, 2.24) is 5.32 Å². The third-order valence-electron chi connectivity index (χ3n) is 4.32. The first-order valence-electron chi connectivity index (χ1n) is 9.59. The summed E-state index contributed by atoms with van der Waals surface area (Å²) in [5, 5.41) is 5.91. The van der Waals surface area contributed by atoms with Crippen LogP contribution in [0.5, 0.6) is 11.5 Å². The number of nitrogens with zero attached hydrogens (tertiary/aromatic N) is 1. The minimum atomic E-state index is -0.318. The van der Waals surface area contributed by atoms with Crippen molar-refractivity contribution in [2.24, 2.45) is 0 Å². The van der Waals surface area contributed by atoms with Crippen LogP contribution in [0.3, 0.4) is 0 Å². The molecule has 0 aromatic heterocycles. The summed E-state index contributed by atoms with van der Waals surface area (Å²) in [7, 11) is 0. The van der Waals surface area contributed by atoms with Crippen LogP contribution < -0.4 is 25.0 Å². The van der Waals surface area contributed by atoms with E-state index in [-0.39, 0.29) is 11.9 Å². The van der Waals surface area contributed by atoms with Crippen LogP contribution in [0.2, 0.25) is 5.02 Å². The molecule has 1 fully saturated rings. The van der Waals surface area contributed by atoms with Crippen molar-refractivity contribution in [3.63, 3.8) is 0 Å². The van der Waals surface area contributed by atoms with Gasteiger partial charge in [0.2, 0.25) is 0 Å². The molecule has 0 saturated carbocycles. The Bertz CT molecular complexity index is 886. The van der Waals surface area contributed by atoms with Crippen LogP contribution in [0.25, 0.3) is 0 Å². The Morgan fingerprint density at radius 2 is 1.97 bits per heavy atom. The molecule has 0 bridgehead atoms. The maximum atomic E-state index is 12.7. The van der Waals surface area contributed by atoms with Gasteiger partial charge < -0.3 is 20.1 Å². The molecule has 0 radical (unpaired) electrons. The fourth-order valence-electron chi connectivity index (χ4n) is 2.95. The molecule has 2 aromatic rings. The van der Waals surface area contributed by atoms with Crippen LogP contribution in [0.15, 0.2) is 36.4 Å². The summed E-state index contributed by atoms with van der Waals surface area (Å²) in [6.45, 7) is 6.03. The first-order chi connectivity index (χ1) is 14.0. The molecule has 1 aliphatic rings. The molecule has 8 heteroatoms. The standard InChI is InChI=1S/C21H24ClN3O4/c1-3-11-29-19-17(22)12-14(13-18(19)28-4-2)20(26)24-15-5-7-16(8-6-15)25-10-9-23-21(25)27/h5-8,12-13H,3-4,9-11H2,1-2H3,(H,23,27)(H,24,26). The van der Waals surface area contributed by atoms with Gasteiger partial charge in [-0.25, -0.2) is 4.79 Å². The van der Waals surface area contributed by atoms with E-state index in [2.05, 4.69) is 10.6 Å². The largest absolute Gasteiger partial charge is 0.490 e. The van der Waals surface area contributed by atoms with Crippen molar-refractivity contribution >= 4 is 34.9 Å². The molecule has 29 heavy (non-hydrogen) atoms. The average molecular weight is 418 g/mol. The van der Waals surface area contributed by atoms with Gasteiger partial charge in [-0.15, -0.1) is 0 Å². The van der Waals surface area contributed by atoms with E-state index < -0.39 is 0 Å². The predicted molar refractivity (Wildman–Crippen MR) is 114 cm³/mol. The monoisotopic (exact) mass is 417 g/mol. The van der Waals surface area contributed by atoms with Crippen molar-refractivity contribution in [2.75, 3.05) is 36.5 Å². The topological polar surface area (TPSA) is 79.9 Å². The lowest BCUT2D eigenvalue weighted by molar-refractivity contribution is 0.102. The first-order valence-corrected chi connectivity index (χ1v) is 9.97. The van der Waals surface area contributed by atoms with Crippen LogP contribution in [-0.4, -0.2) is 38.2 Å². The number of carbonyl (C=O) groups is 2. The lowest BCUT2D eigenvalue weighted by Crippen LogP contribution is -2.27. The van der Waals surface area contributed by atoms with Gasteiger partial charge in [0, 0.05) is 30.0 Å². The zero-order valence-electron chi connectivity index (χ0n) is 16.5. The average Bonchev–Trinajstić information content (AvgIpc) is 3.14. The van der Waals surface area contributed by atoms with Crippen molar-refractivity contribution < 1.29 is 19.1 Å². The Kier molecular flexibility index (Phi) is 6.82. The van der Waals surface area contributed by atoms with Crippen LogP contribution in [0.1, 0.15) is 30.6 Å². The summed E-state index contributed by atoms with van der Waals surface area (Å²) in [6.07, 6.45) is 0.833. The van der Waals surface area contributed by atoms with E-state index >= 15 is 0 Å². The molecule has 3 rings (SSSR count). The number of carbonyl (C=O) groups excluding carboxylic acids is 2. The van der Waals surface area contributed by atoms with Gasteiger partial charge >= 0.3 is 6.03 Å². The smallest absolute Gasteiger partial charge is 0.321 e. The third-order valence-corrected chi connectivity index (χ3v) is 4.60. The molecule has 2 aromatic carbocycles. The second-order valence-electron chi connectivity index (χ2n) is 6.45. The Labute approximate surface area is 174 Å². The minimum absolute atomic E-state index is 0.120. The van der Waals surface area contributed by atoms with Crippen LogP contribution in [-0.2, 0) is 0 Å². The fourth-order valence-corrected chi connectivity index (χ4v) is 3.22.